The molecule has 1 unspecified atom stereocenters. The maximum Gasteiger partial charge on any atom is 0.0336 e. The lowest BCUT2D eigenvalue weighted by Gasteiger charge is -2.25. The topological polar surface area (TPSA) is 12.0 Å². The number of nitrogens with one attached hydrogen (secondary N) is 1. The molecular weight excluding hydrogens is 178 g/mol. The molecule has 0 aromatic heterocycles. The lowest BCUT2D eigenvalue weighted by atomic mass is 10.0. The number of fused-ring (bicyclic) bond motifs is 1. The molecule has 1 nitrogen and oxygen atoms in total. The van der Waals surface area contributed by atoms with Crippen molar-refractivity contribution in [2.75, 3.05) is 12.8 Å². The number of thioether (sulfide) groups is 1. The quantitative estimate of drug-likeness (QED) is 0.736. The van der Waals surface area contributed by atoms with E-state index in [9.17, 15) is 0 Å². The fourth-order valence-electron chi connectivity index (χ4n) is 1.88. The van der Waals surface area contributed by atoms with E-state index in [1.54, 1.807) is 0 Å². The van der Waals surface area contributed by atoms with E-state index in [0.717, 1.165) is 0 Å². The van der Waals surface area contributed by atoms with Crippen LogP contribution in [0.3, 0.4) is 0 Å². The van der Waals surface area contributed by atoms with Crippen LogP contribution in [0.25, 0.3) is 0 Å². The van der Waals surface area contributed by atoms with Crippen LogP contribution in [0.4, 0.5) is 0 Å². The molecule has 1 heterocycles. The summed E-state index contributed by atoms with van der Waals surface area (Å²) in [7, 11) is 2.05. The summed E-state index contributed by atoms with van der Waals surface area (Å²) in [4.78, 5) is 1.49. The highest BCUT2D eigenvalue weighted by atomic mass is 32.2. The summed E-state index contributed by atoms with van der Waals surface area (Å²) < 4.78 is 0. The van der Waals surface area contributed by atoms with Crippen molar-refractivity contribution in [3.05, 3.63) is 29.3 Å². The molecular formula is C11H15NS. The zero-order valence-electron chi connectivity index (χ0n) is 8.13. The van der Waals surface area contributed by atoms with Crippen LogP contribution in [-0.2, 0) is 0 Å². The molecule has 13 heavy (non-hydrogen) atoms. The molecule has 0 bridgehead atoms. The van der Waals surface area contributed by atoms with Gasteiger partial charge in [0.15, 0.2) is 0 Å². The van der Waals surface area contributed by atoms with E-state index < -0.39 is 0 Å². The number of hydrogen-bond acceptors (Lipinski definition) is 2. The molecule has 1 aliphatic rings. The first kappa shape index (κ1) is 9.10. The Bertz CT molecular complexity index is 309. The van der Waals surface area contributed by atoms with Crippen molar-refractivity contribution in [3.8, 4) is 0 Å². The lowest BCUT2D eigenvalue weighted by molar-refractivity contribution is 0.564. The van der Waals surface area contributed by atoms with Gasteiger partial charge in [0.1, 0.15) is 0 Å². The van der Waals surface area contributed by atoms with E-state index in [-0.39, 0.29) is 0 Å². The van der Waals surface area contributed by atoms with Gasteiger partial charge < -0.3 is 5.32 Å². The molecule has 0 radical (unpaired) electrons. The van der Waals surface area contributed by atoms with Gasteiger partial charge in [-0.25, -0.2) is 0 Å². The van der Waals surface area contributed by atoms with Crippen molar-refractivity contribution in [1.82, 2.24) is 5.32 Å². The maximum absolute atomic E-state index is 3.37. The van der Waals surface area contributed by atoms with Gasteiger partial charge in [-0.3, -0.25) is 0 Å². The average molecular weight is 193 g/mol. The molecule has 0 saturated heterocycles. The zero-order valence-corrected chi connectivity index (χ0v) is 8.95. The van der Waals surface area contributed by atoms with Crippen molar-refractivity contribution < 1.29 is 0 Å². The third-order valence-corrected chi connectivity index (χ3v) is 3.91. The van der Waals surface area contributed by atoms with Crippen molar-refractivity contribution in [2.45, 2.75) is 24.3 Å². The van der Waals surface area contributed by atoms with Gasteiger partial charge in [0, 0.05) is 10.9 Å². The maximum atomic E-state index is 3.37. The second-order valence-corrected chi connectivity index (χ2v) is 4.58. The van der Waals surface area contributed by atoms with Crippen molar-refractivity contribution in [2.24, 2.45) is 0 Å². The minimum absolute atomic E-state index is 0.566. The molecule has 0 amide bonds. The van der Waals surface area contributed by atoms with E-state index >= 15 is 0 Å². The average Bonchev–Trinajstić information content (AvgIpc) is 2.18. The smallest absolute Gasteiger partial charge is 0.0336 e. The Morgan fingerprint density at radius 1 is 1.46 bits per heavy atom. The first-order valence-electron chi connectivity index (χ1n) is 4.72. The van der Waals surface area contributed by atoms with Crippen LogP contribution in [0.5, 0.6) is 0 Å². The third-order valence-electron chi connectivity index (χ3n) is 2.62. The van der Waals surface area contributed by atoms with Crippen LogP contribution < -0.4 is 5.32 Å². The summed E-state index contributed by atoms with van der Waals surface area (Å²) in [6.07, 6.45) is 1.25. The molecule has 70 valence electrons. The fraction of sp³-hybridized carbons (Fsp3) is 0.455. The van der Waals surface area contributed by atoms with Crippen LogP contribution in [0.2, 0.25) is 0 Å². The molecule has 1 aromatic rings. The lowest BCUT2D eigenvalue weighted by Crippen LogP contribution is -2.20. The summed E-state index contributed by atoms with van der Waals surface area (Å²) in [6.45, 7) is 2.20. The Hall–Kier alpha value is -0.470. The first-order chi connectivity index (χ1) is 6.33. The Labute approximate surface area is 83.9 Å². The molecule has 0 aliphatic carbocycles. The van der Waals surface area contributed by atoms with Gasteiger partial charge in [0.25, 0.3) is 0 Å². The largest absolute Gasteiger partial charge is 0.313 e. The Balaban J connectivity index is 2.45. The summed E-state index contributed by atoms with van der Waals surface area (Å²) >= 11 is 1.99. The van der Waals surface area contributed by atoms with Crippen LogP contribution in [-0.4, -0.2) is 12.8 Å². The van der Waals surface area contributed by atoms with E-state index in [0.29, 0.717) is 6.04 Å². The van der Waals surface area contributed by atoms with Crippen LogP contribution >= 0.6 is 11.8 Å². The van der Waals surface area contributed by atoms with Crippen molar-refractivity contribution in [1.29, 1.82) is 0 Å². The summed E-state index contributed by atoms with van der Waals surface area (Å²) in [5, 5.41) is 3.37. The Morgan fingerprint density at radius 2 is 2.31 bits per heavy atom. The van der Waals surface area contributed by atoms with Gasteiger partial charge >= 0.3 is 0 Å². The van der Waals surface area contributed by atoms with Gasteiger partial charge in [-0.2, -0.15) is 0 Å². The Morgan fingerprint density at radius 3 is 3.08 bits per heavy atom. The second kappa shape index (κ2) is 3.72. The van der Waals surface area contributed by atoms with E-state index in [1.807, 2.05) is 18.8 Å². The standard InChI is InChI=1S/C11H15NS/c1-8-4-3-5-9-10(12-2)6-7-13-11(8)9/h3-5,10,12H,6-7H2,1-2H3. The van der Waals surface area contributed by atoms with Gasteiger partial charge in [0.05, 0.1) is 0 Å². The second-order valence-electron chi connectivity index (χ2n) is 3.47. The fourth-order valence-corrected chi connectivity index (χ4v) is 3.11. The van der Waals surface area contributed by atoms with Crippen LogP contribution in [0, 0.1) is 6.92 Å². The zero-order chi connectivity index (χ0) is 9.26. The van der Waals surface area contributed by atoms with Gasteiger partial charge in [-0.15, -0.1) is 11.8 Å². The highest BCUT2D eigenvalue weighted by Gasteiger charge is 2.19. The monoisotopic (exact) mass is 193 g/mol. The SMILES string of the molecule is CNC1CCSc2c(C)cccc21. The summed E-state index contributed by atoms with van der Waals surface area (Å²) in [5.74, 6) is 1.24. The summed E-state index contributed by atoms with van der Waals surface area (Å²) in [5.41, 5.74) is 2.90. The molecule has 2 rings (SSSR count). The number of aryl methyl sites for hydroxylation is 1. The molecule has 0 saturated carbocycles. The highest BCUT2D eigenvalue weighted by Crippen LogP contribution is 2.37. The third kappa shape index (κ3) is 1.61. The molecule has 2 heteroatoms. The van der Waals surface area contributed by atoms with Crippen molar-refractivity contribution >= 4 is 11.8 Å². The van der Waals surface area contributed by atoms with Crippen LogP contribution in [0.15, 0.2) is 23.1 Å². The number of benzene rings is 1. The van der Waals surface area contributed by atoms with E-state index in [2.05, 4.69) is 30.4 Å². The molecule has 1 aliphatic heterocycles. The predicted octanol–water partition coefficient (Wildman–Crippen LogP) is 2.75. The molecule has 0 fully saturated rings. The van der Waals surface area contributed by atoms with E-state index in [1.165, 1.54) is 28.2 Å². The molecule has 1 aromatic carbocycles. The first-order valence-corrected chi connectivity index (χ1v) is 5.71. The van der Waals surface area contributed by atoms with Gasteiger partial charge in [-0.1, -0.05) is 18.2 Å². The molecule has 0 spiro atoms. The van der Waals surface area contributed by atoms with Crippen LogP contribution in [0.1, 0.15) is 23.6 Å². The van der Waals surface area contributed by atoms with Gasteiger partial charge in [-0.05, 0) is 37.3 Å². The predicted molar refractivity (Wildman–Crippen MR) is 58.3 cm³/mol. The van der Waals surface area contributed by atoms with Crippen molar-refractivity contribution in [3.63, 3.8) is 0 Å². The minimum Gasteiger partial charge on any atom is -0.313 e. The molecule has 1 atom stereocenters. The minimum atomic E-state index is 0.566. The molecule has 1 N–H and O–H groups in total. The number of hydrogen-bond donors (Lipinski definition) is 1. The van der Waals surface area contributed by atoms with Gasteiger partial charge in [0.2, 0.25) is 0 Å². The Kier molecular flexibility index (Phi) is 2.61. The normalized spacial score (nSPS) is 21.2. The number of rotatable bonds is 1. The highest BCUT2D eigenvalue weighted by molar-refractivity contribution is 7.99. The van der Waals surface area contributed by atoms with E-state index in [4.69, 9.17) is 0 Å². The summed E-state index contributed by atoms with van der Waals surface area (Å²) in [6, 6.07) is 7.17.